The second-order valence-electron chi connectivity index (χ2n) is 6.87. The maximum Gasteiger partial charge on any atom is 0.410 e. The van der Waals surface area contributed by atoms with Crippen molar-refractivity contribution < 1.29 is 28.2 Å². The Bertz CT molecular complexity index is 921. The minimum absolute atomic E-state index is 0.0987. The van der Waals surface area contributed by atoms with E-state index in [-0.39, 0.29) is 18.0 Å². The van der Waals surface area contributed by atoms with E-state index in [0.29, 0.717) is 62.3 Å². The highest BCUT2D eigenvalue weighted by Gasteiger charge is 2.39. The molecule has 2 aliphatic heterocycles. The Kier molecular flexibility index (Phi) is 4.78. The Morgan fingerprint density at radius 1 is 1.21 bits per heavy atom. The number of hydrogen-bond acceptors (Lipinski definition) is 6. The monoisotopic (exact) mass is 388 g/mol. The number of hydrogen-bond donors (Lipinski definition) is 0. The molecule has 2 amide bonds. The predicted octanol–water partition coefficient (Wildman–Crippen LogP) is 2.82. The lowest BCUT2D eigenvalue weighted by Gasteiger charge is -2.34. The average molecular weight is 388 g/mol. The molecule has 0 spiro atoms. The third-order valence-corrected chi connectivity index (χ3v) is 5.21. The van der Waals surface area contributed by atoms with E-state index in [0.717, 1.165) is 10.9 Å². The van der Waals surface area contributed by atoms with Crippen LogP contribution in [0.1, 0.15) is 30.0 Å². The lowest BCUT2D eigenvalue weighted by atomic mass is 10.1. The standard InChI is InChI=1S/C20H24N2O6/c1-4-25-15-7-6-14-12(3)16(28-17(14)18(15)26-5-2)19(23)21-8-9-22-13(10-21)11-27-20(22)24/h6-7,13H,4-5,8-11H2,1-3H3/t13-/m0/s1. The van der Waals surface area contributed by atoms with Gasteiger partial charge in [0.1, 0.15) is 6.61 Å². The summed E-state index contributed by atoms with van der Waals surface area (Å²) in [6.07, 6.45) is -0.304. The number of rotatable bonds is 5. The molecule has 8 nitrogen and oxygen atoms in total. The Morgan fingerprint density at radius 3 is 2.75 bits per heavy atom. The molecular weight excluding hydrogens is 364 g/mol. The molecule has 1 aromatic carbocycles. The van der Waals surface area contributed by atoms with Gasteiger partial charge in [0.25, 0.3) is 5.91 Å². The van der Waals surface area contributed by atoms with Crippen LogP contribution in [0.3, 0.4) is 0 Å². The summed E-state index contributed by atoms with van der Waals surface area (Å²) >= 11 is 0. The smallest absolute Gasteiger partial charge is 0.410 e. The number of fused-ring (bicyclic) bond motifs is 2. The van der Waals surface area contributed by atoms with Gasteiger partial charge < -0.3 is 23.5 Å². The van der Waals surface area contributed by atoms with Gasteiger partial charge in [-0.1, -0.05) is 0 Å². The van der Waals surface area contributed by atoms with E-state index < -0.39 is 0 Å². The van der Waals surface area contributed by atoms with E-state index in [2.05, 4.69) is 0 Å². The summed E-state index contributed by atoms with van der Waals surface area (Å²) in [6.45, 7) is 8.28. The van der Waals surface area contributed by atoms with Crippen molar-refractivity contribution in [1.82, 2.24) is 9.80 Å². The van der Waals surface area contributed by atoms with Crippen molar-refractivity contribution in [1.29, 1.82) is 0 Å². The van der Waals surface area contributed by atoms with E-state index in [1.165, 1.54) is 0 Å². The molecule has 8 heteroatoms. The zero-order valence-electron chi connectivity index (χ0n) is 16.3. The zero-order valence-corrected chi connectivity index (χ0v) is 16.3. The molecule has 1 atom stereocenters. The van der Waals surface area contributed by atoms with Gasteiger partial charge in [0.15, 0.2) is 17.1 Å². The molecule has 0 radical (unpaired) electrons. The topological polar surface area (TPSA) is 81.5 Å². The molecule has 2 aromatic rings. The van der Waals surface area contributed by atoms with Crippen LogP contribution in [-0.2, 0) is 4.74 Å². The Balaban J connectivity index is 1.67. The van der Waals surface area contributed by atoms with Crippen LogP contribution in [0.2, 0.25) is 0 Å². The number of aryl methyl sites for hydroxylation is 1. The van der Waals surface area contributed by atoms with Gasteiger partial charge >= 0.3 is 6.09 Å². The molecule has 150 valence electrons. The van der Waals surface area contributed by atoms with Crippen LogP contribution in [0.5, 0.6) is 11.5 Å². The molecule has 3 heterocycles. The summed E-state index contributed by atoms with van der Waals surface area (Å²) in [5, 5.41) is 0.827. The molecule has 28 heavy (non-hydrogen) atoms. The minimum Gasteiger partial charge on any atom is -0.490 e. The first-order valence-corrected chi connectivity index (χ1v) is 9.59. The van der Waals surface area contributed by atoms with Crippen molar-refractivity contribution in [3.8, 4) is 11.5 Å². The van der Waals surface area contributed by atoms with Crippen LogP contribution in [0, 0.1) is 6.92 Å². The van der Waals surface area contributed by atoms with E-state index in [4.69, 9.17) is 18.6 Å². The molecule has 0 bridgehead atoms. The summed E-state index contributed by atoms with van der Waals surface area (Å²) in [7, 11) is 0. The highest BCUT2D eigenvalue weighted by molar-refractivity contribution is 6.01. The number of amides is 2. The highest BCUT2D eigenvalue weighted by atomic mass is 16.6. The molecule has 0 unspecified atom stereocenters. The summed E-state index contributed by atoms with van der Waals surface area (Å²) in [4.78, 5) is 28.2. The normalized spacial score (nSPS) is 19.0. The van der Waals surface area contributed by atoms with E-state index in [9.17, 15) is 9.59 Å². The Morgan fingerprint density at radius 2 is 2.00 bits per heavy atom. The molecule has 4 rings (SSSR count). The summed E-state index contributed by atoms with van der Waals surface area (Å²) in [5.41, 5.74) is 1.29. The number of carbonyl (C=O) groups excluding carboxylic acids is 2. The molecule has 0 N–H and O–H groups in total. The fourth-order valence-corrected chi connectivity index (χ4v) is 3.81. The molecule has 2 saturated heterocycles. The zero-order chi connectivity index (χ0) is 19.8. The number of piperazine rings is 1. The van der Waals surface area contributed by atoms with Crippen molar-refractivity contribution in [2.45, 2.75) is 26.8 Å². The van der Waals surface area contributed by atoms with Crippen LogP contribution in [0.15, 0.2) is 16.5 Å². The van der Waals surface area contributed by atoms with E-state index in [1.54, 1.807) is 9.80 Å². The van der Waals surface area contributed by atoms with Gasteiger partial charge in [0, 0.05) is 30.6 Å². The maximum atomic E-state index is 13.2. The van der Waals surface area contributed by atoms with Crippen molar-refractivity contribution in [3.05, 3.63) is 23.5 Å². The van der Waals surface area contributed by atoms with Crippen molar-refractivity contribution in [2.24, 2.45) is 0 Å². The minimum atomic E-state index is -0.304. The Labute approximate surface area is 162 Å². The van der Waals surface area contributed by atoms with Gasteiger partial charge in [-0.2, -0.15) is 0 Å². The van der Waals surface area contributed by atoms with Gasteiger partial charge in [-0.05, 0) is 32.9 Å². The van der Waals surface area contributed by atoms with E-state index in [1.807, 2.05) is 32.9 Å². The van der Waals surface area contributed by atoms with Gasteiger partial charge in [-0.25, -0.2) is 4.79 Å². The van der Waals surface area contributed by atoms with Crippen LogP contribution in [0.4, 0.5) is 4.79 Å². The lowest BCUT2D eigenvalue weighted by Crippen LogP contribution is -2.53. The quantitative estimate of drug-likeness (QED) is 0.783. The highest BCUT2D eigenvalue weighted by Crippen LogP contribution is 2.40. The van der Waals surface area contributed by atoms with Crippen molar-refractivity contribution in [2.75, 3.05) is 39.5 Å². The fraction of sp³-hybridized carbons (Fsp3) is 0.500. The van der Waals surface area contributed by atoms with Crippen molar-refractivity contribution >= 4 is 23.0 Å². The number of ether oxygens (including phenoxy) is 3. The first-order chi connectivity index (χ1) is 13.5. The third-order valence-electron chi connectivity index (χ3n) is 5.21. The lowest BCUT2D eigenvalue weighted by molar-refractivity contribution is 0.0587. The molecule has 0 aliphatic carbocycles. The number of benzene rings is 1. The molecular formula is C20H24N2O6. The number of nitrogens with zero attached hydrogens (tertiary/aromatic N) is 2. The van der Waals surface area contributed by atoms with Crippen LogP contribution < -0.4 is 9.47 Å². The van der Waals surface area contributed by atoms with Crippen LogP contribution in [-0.4, -0.2) is 67.3 Å². The first kappa shape index (κ1) is 18.5. The molecule has 0 saturated carbocycles. The second kappa shape index (κ2) is 7.26. The number of cyclic esters (lactones) is 1. The number of carbonyl (C=O) groups is 2. The fourth-order valence-electron chi connectivity index (χ4n) is 3.81. The Hall–Kier alpha value is -2.90. The average Bonchev–Trinajstić information content (AvgIpc) is 3.23. The largest absolute Gasteiger partial charge is 0.490 e. The van der Waals surface area contributed by atoms with Crippen molar-refractivity contribution in [3.63, 3.8) is 0 Å². The van der Waals surface area contributed by atoms with Gasteiger partial charge in [0.05, 0.1) is 19.3 Å². The summed E-state index contributed by atoms with van der Waals surface area (Å²) in [5.74, 6) is 1.22. The summed E-state index contributed by atoms with van der Waals surface area (Å²) < 4.78 is 22.5. The third kappa shape index (κ3) is 2.93. The van der Waals surface area contributed by atoms with Crippen LogP contribution in [0.25, 0.3) is 11.0 Å². The molecule has 2 aliphatic rings. The SMILES string of the molecule is CCOc1ccc2c(C)c(C(=O)N3CCN4C(=O)OC[C@@H]4C3)oc2c1OCC. The maximum absolute atomic E-state index is 13.2. The first-order valence-electron chi connectivity index (χ1n) is 9.59. The second-order valence-corrected chi connectivity index (χ2v) is 6.87. The molecule has 2 fully saturated rings. The van der Waals surface area contributed by atoms with Crippen LogP contribution >= 0.6 is 0 Å². The van der Waals surface area contributed by atoms with Gasteiger partial charge in [-0.15, -0.1) is 0 Å². The van der Waals surface area contributed by atoms with E-state index >= 15 is 0 Å². The number of furan rings is 1. The van der Waals surface area contributed by atoms with Gasteiger partial charge in [0.2, 0.25) is 5.75 Å². The van der Waals surface area contributed by atoms with Gasteiger partial charge in [-0.3, -0.25) is 9.69 Å². The summed E-state index contributed by atoms with van der Waals surface area (Å²) in [6, 6.07) is 3.63. The predicted molar refractivity (Wildman–Crippen MR) is 101 cm³/mol. The molecule has 1 aromatic heterocycles.